The molecule has 0 atom stereocenters. The summed E-state index contributed by atoms with van der Waals surface area (Å²) in [7, 11) is 1.41. The van der Waals surface area contributed by atoms with Crippen LogP contribution in [0.25, 0.3) is 0 Å². The molecule has 0 saturated heterocycles. The van der Waals surface area contributed by atoms with Gasteiger partial charge in [0.15, 0.2) is 5.82 Å². The molecule has 0 bridgehead atoms. The zero-order valence-electron chi connectivity index (χ0n) is 10.2. The Hall–Kier alpha value is -1.85. The predicted octanol–water partition coefficient (Wildman–Crippen LogP) is 1.83. The molecule has 0 aromatic carbocycles. The van der Waals surface area contributed by atoms with Gasteiger partial charge in [-0.15, -0.1) is 0 Å². The van der Waals surface area contributed by atoms with Gasteiger partial charge in [-0.3, -0.25) is 4.90 Å². The van der Waals surface area contributed by atoms with Gasteiger partial charge in [-0.25, -0.2) is 9.18 Å². The molecule has 1 amide bonds. The van der Waals surface area contributed by atoms with Crippen LogP contribution in [0.5, 0.6) is 0 Å². The zero-order chi connectivity index (χ0) is 13.2. The van der Waals surface area contributed by atoms with E-state index in [1.54, 1.807) is 20.8 Å². The highest BCUT2D eigenvalue weighted by Crippen LogP contribution is 2.15. The zero-order valence-corrected chi connectivity index (χ0v) is 10.2. The van der Waals surface area contributed by atoms with Crippen LogP contribution >= 0.6 is 0 Å². The van der Waals surface area contributed by atoms with Gasteiger partial charge in [-0.1, -0.05) is 0 Å². The Kier molecular flexibility index (Phi) is 3.55. The minimum Gasteiger partial charge on any atom is -0.619 e. The van der Waals surface area contributed by atoms with E-state index in [1.165, 1.54) is 7.05 Å². The molecule has 0 fully saturated rings. The molecule has 0 saturated carbocycles. The van der Waals surface area contributed by atoms with Crippen molar-refractivity contribution in [3.63, 3.8) is 0 Å². The molecular formula is C11H15FN2O3. The van der Waals surface area contributed by atoms with Crippen LogP contribution in [0.2, 0.25) is 0 Å². The quantitative estimate of drug-likeness (QED) is 0.557. The molecule has 1 aromatic heterocycles. The first-order chi connectivity index (χ1) is 7.69. The summed E-state index contributed by atoms with van der Waals surface area (Å²) in [6.07, 6.45) is 1.21. The van der Waals surface area contributed by atoms with Gasteiger partial charge in [0.05, 0.1) is 0 Å². The molecule has 0 aliphatic rings. The average Bonchev–Trinajstić information content (AvgIpc) is 2.12. The lowest BCUT2D eigenvalue weighted by molar-refractivity contribution is -0.606. The Morgan fingerprint density at radius 2 is 2.06 bits per heavy atom. The van der Waals surface area contributed by atoms with E-state index in [1.807, 2.05) is 0 Å². The van der Waals surface area contributed by atoms with Crippen molar-refractivity contribution >= 4 is 11.8 Å². The Bertz CT molecular complexity index is 409. The van der Waals surface area contributed by atoms with Crippen molar-refractivity contribution in [2.45, 2.75) is 26.4 Å². The predicted molar refractivity (Wildman–Crippen MR) is 60.0 cm³/mol. The summed E-state index contributed by atoms with van der Waals surface area (Å²) in [5.41, 5.74) is -0.513. The van der Waals surface area contributed by atoms with Crippen molar-refractivity contribution in [3.05, 3.63) is 29.5 Å². The summed E-state index contributed by atoms with van der Waals surface area (Å²) in [6, 6.07) is 1.08. The SMILES string of the molecule is CN(C(=O)OC(C)(C)C)c1cc(F)c[n+]([O-])c1. The van der Waals surface area contributed by atoms with Crippen molar-refractivity contribution in [2.75, 3.05) is 11.9 Å². The maximum Gasteiger partial charge on any atom is 0.414 e. The molecule has 0 N–H and O–H groups in total. The van der Waals surface area contributed by atoms with E-state index in [2.05, 4.69) is 0 Å². The number of carbonyl (C=O) groups is 1. The topological polar surface area (TPSA) is 56.5 Å². The third-order valence-corrected chi connectivity index (χ3v) is 1.85. The highest BCUT2D eigenvalue weighted by Gasteiger charge is 2.22. The highest BCUT2D eigenvalue weighted by atomic mass is 19.1. The minimum atomic E-state index is -0.715. The molecule has 6 heteroatoms. The number of hydrogen-bond donors (Lipinski definition) is 0. The normalized spacial score (nSPS) is 11.1. The summed E-state index contributed by atoms with van der Waals surface area (Å²) < 4.78 is 18.4. The van der Waals surface area contributed by atoms with Gasteiger partial charge in [-0.2, -0.15) is 4.73 Å². The van der Waals surface area contributed by atoms with Crippen LogP contribution in [0.1, 0.15) is 20.8 Å². The van der Waals surface area contributed by atoms with E-state index in [0.29, 0.717) is 4.73 Å². The van der Waals surface area contributed by atoms with Gasteiger partial charge >= 0.3 is 6.09 Å². The Morgan fingerprint density at radius 3 is 2.53 bits per heavy atom. The molecule has 0 radical (unpaired) electrons. The molecule has 0 unspecified atom stereocenters. The number of halogens is 1. The van der Waals surface area contributed by atoms with Gasteiger partial charge in [0.1, 0.15) is 11.3 Å². The molecule has 1 heterocycles. The molecule has 94 valence electrons. The molecular weight excluding hydrogens is 227 g/mol. The van der Waals surface area contributed by atoms with Crippen LogP contribution < -0.4 is 9.63 Å². The number of anilines is 1. The number of rotatable bonds is 1. The number of amides is 1. The van der Waals surface area contributed by atoms with E-state index < -0.39 is 17.5 Å². The van der Waals surface area contributed by atoms with Crippen LogP contribution in [0, 0.1) is 11.0 Å². The highest BCUT2D eigenvalue weighted by molar-refractivity contribution is 5.86. The monoisotopic (exact) mass is 242 g/mol. The molecule has 0 aliphatic heterocycles. The van der Waals surface area contributed by atoms with Gasteiger partial charge in [-0.05, 0) is 20.8 Å². The number of pyridine rings is 1. The Labute approximate surface area is 99.0 Å². The van der Waals surface area contributed by atoms with Gasteiger partial charge in [0, 0.05) is 13.1 Å². The number of carbonyl (C=O) groups excluding carboxylic acids is 1. The van der Waals surface area contributed by atoms with E-state index >= 15 is 0 Å². The minimum absolute atomic E-state index is 0.134. The van der Waals surface area contributed by atoms with Crippen molar-refractivity contribution < 1.29 is 18.7 Å². The second-order valence-corrected chi connectivity index (χ2v) is 4.61. The number of ether oxygens (including phenoxy) is 1. The fourth-order valence-electron chi connectivity index (χ4n) is 1.12. The van der Waals surface area contributed by atoms with Gasteiger partial charge in [0.25, 0.3) is 0 Å². The second kappa shape index (κ2) is 4.57. The lowest BCUT2D eigenvalue weighted by Gasteiger charge is -2.24. The standard InChI is InChI=1S/C11H15FN2O3/c1-11(2,3)17-10(15)13(4)9-5-8(12)6-14(16)7-9/h5-7H,1-4H3. The van der Waals surface area contributed by atoms with Crippen LogP contribution in [0.3, 0.4) is 0 Å². The van der Waals surface area contributed by atoms with Crippen molar-refractivity contribution in [2.24, 2.45) is 0 Å². The first kappa shape index (κ1) is 13.2. The van der Waals surface area contributed by atoms with Crippen LogP contribution in [-0.4, -0.2) is 18.7 Å². The van der Waals surface area contributed by atoms with Crippen LogP contribution in [0.4, 0.5) is 14.9 Å². The van der Waals surface area contributed by atoms with Crippen molar-refractivity contribution in [3.8, 4) is 0 Å². The van der Waals surface area contributed by atoms with E-state index in [4.69, 9.17) is 4.74 Å². The molecule has 0 aliphatic carbocycles. The van der Waals surface area contributed by atoms with E-state index in [0.717, 1.165) is 23.4 Å². The maximum atomic E-state index is 13.0. The van der Waals surface area contributed by atoms with E-state index in [9.17, 15) is 14.4 Å². The van der Waals surface area contributed by atoms with Crippen LogP contribution in [-0.2, 0) is 4.74 Å². The number of aromatic nitrogens is 1. The lowest BCUT2D eigenvalue weighted by atomic mass is 10.2. The Balaban J connectivity index is 2.89. The first-order valence-electron chi connectivity index (χ1n) is 5.05. The molecule has 17 heavy (non-hydrogen) atoms. The average molecular weight is 242 g/mol. The fourth-order valence-corrected chi connectivity index (χ4v) is 1.12. The molecule has 0 spiro atoms. The summed E-state index contributed by atoms with van der Waals surface area (Å²) in [5.74, 6) is -0.715. The summed E-state index contributed by atoms with van der Waals surface area (Å²) in [6.45, 7) is 5.16. The van der Waals surface area contributed by atoms with Crippen molar-refractivity contribution in [1.29, 1.82) is 0 Å². The summed E-state index contributed by atoms with van der Waals surface area (Å²) in [4.78, 5) is 12.7. The number of nitrogens with zero attached hydrogens (tertiary/aromatic N) is 2. The lowest BCUT2D eigenvalue weighted by Crippen LogP contribution is -2.36. The summed E-state index contributed by atoms with van der Waals surface area (Å²) in [5, 5.41) is 11.0. The molecule has 1 aromatic rings. The third-order valence-electron chi connectivity index (χ3n) is 1.85. The fraction of sp³-hybridized carbons (Fsp3) is 0.455. The smallest absolute Gasteiger partial charge is 0.414 e. The maximum absolute atomic E-state index is 13.0. The van der Waals surface area contributed by atoms with Crippen molar-refractivity contribution in [1.82, 2.24) is 0 Å². The Morgan fingerprint density at radius 1 is 1.47 bits per heavy atom. The number of hydrogen-bond acceptors (Lipinski definition) is 3. The van der Waals surface area contributed by atoms with Gasteiger partial charge in [0.2, 0.25) is 12.4 Å². The first-order valence-corrected chi connectivity index (χ1v) is 5.05. The summed E-state index contributed by atoms with van der Waals surface area (Å²) >= 11 is 0. The second-order valence-electron chi connectivity index (χ2n) is 4.61. The molecule has 5 nitrogen and oxygen atoms in total. The van der Waals surface area contributed by atoms with E-state index in [-0.39, 0.29) is 5.69 Å². The largest absolute Gasteiger partial charge is 0.619 e. The van der Waals surface area contributed by atoms with Crippen LogP contribution in [0.15, 0.2) is 18.5 Å². The third kappa shape index (κ3) is 3.90. The van der Waals surface area contributed by atoms with Gasteiger partial charge < -0.3 is 9.94 Å². The molecule has 1 rings (SSSR count).